The van der Waals surface area contributed by atoms with Gasteiger partial charge in [-0.1, -0.05) is 13.8 Å². The minimum Gasteiger partial charge on any atom is -0.196 e. The van der Waals surface area contributed by atoms with Crippen LogP contribution in [-0.2, 0) is 0 Å². The van der Waals surface area contributed by atoms with Crippen molar-refractivity contribution in [3.63, 3.8) is 0 Å². The topological polar surface area (TPSA) is 0 Å². The van der Waals surface area contributed by atoms with Crippen molar-refractivity contribution in [2.24, 2.45) is 0 Å². The Labute approximate surface area is 126 Å². The van der Waals surface area contributed by atoms with Crippen LogP contribution in [0.25, 0.3) is 0 Å². The fraction of sp³-hybridized carbons (Fsp3) is 1.00. The average Bonchev–Trinajstić information content (AvgIpc) is 2.32. The number of halogens is 8. The van der Waals surface area contributed by atoms with Crippen LogP contribution in [0.1, 0.15) is 39.5 Å². The molecule has 0 aliphatic rings. The Hall–Kier alpha value is -0.130. The van der Waals surface area contributed by atoms with Crippen molar-refractivity contribution in [1.29, 1.82) is 0 Å². The second-order valence-electron chi connectivity index (χ2n) is 5.55. The van der Waals surface area contributed by atoms with Crippen molar-refractivity contribution in [3.05, 3.63) is 0 Å². The van der Waals surface area contributed by atoms with Crippen LogP contribution >= 0.6 is 7.26 Å². The summed E-state index contributed by atoms with van der Waals surface area (Å²) in [6, 6.07) is 0. The minimum atomic E-state index is -5.65. The Morgan fingerprint density at radius 2 is 1.05 bits per heavy atom. The lowest BCUT2D eigenvalue weighted by Gasteiger charge is -2.30. The van der Waals surface area contributed by atoms with Crippen molar-refractivity contribution in [3.8, 4) is 0 Å². The third kappa shape index (κ3) is 7.42. The normalized spacial score (nSPS) is 14.5. The molecule has 0 nitrogen and oxygen atoms in total. The number of rotatable bonds is 9. The molecular weight excluding hydrogens is 339 g/mol. The molecule has 0 saturated heterocycles. The van der Waals surface area contributed by atoms with Gasteiger partial charge in [0.05, 0.1) is 37.5 Å². The van der Waals surface area contributed by atoms with Gasteiger partial charge in [0.2, 0.25) is 0 Å². The van der Waals surface area contributed by atoms with E-state index in [1.807, 2.05) is 0 Å². The Morgan fingerprint density at radius 3 is 1.36 bits per heavy atom. The SMILES string of the molecule is CCC[P+](CCC)(CCC(F)(F)F)CCC(F)(F)C(F)(F)F. The smallest absolute Gasteiger partial charge is 0.196 e. The highest BCUT2D eigenvalue weighted by Crippen LogP contribution is 2.62. The molecule has 0 aromatic rings. The molecule has 0 spiro atoms. The molecule has 0 amide bonds. The van der Waals surface area contributed by atoms with Gasteiger partial charge in [-0.3, -0.25) is 0 Å². The van der Waals surface area contributed by atoms with Crippen molar-refractivity contribution in [2.75, 3.05) is 24.6 Å². The molecule has 0 N–H and O–H groups in total. The third-order valence-electron chi connectivity index (χ3n) is 3.58. The van der Waals surface area contributed by atoms with Gasteiger partial charge in [0.15, 0.2) is 0 Å². The molecule has 9 heteroatoms. The molecule has 0 aromatic carbocycles. The fourth-order valence-corrected chi connectivity index (χ4v) is 7.22. The molecular formula is C13H22F8P+. The summed E-state index contributed by atoms with van der Waals surface area (Å²) in [6.07, 6.45) is -11.7. The van der Waals surface area contributed by atoms with E-state index in [1.165, 1.54) is 0 Å². The summed E-state index contributed by atoms with van der Waals surface area (Å²) in [5.41, 5.74) is 0. The molecule has 0 aliphatic carbocycles. The highest BCUT2D eigenvalue weighted by molar-refractivity contribution is 7.75. The summed E-state index contributed by atoms with van der Waals surface area (Å²) in [5, 5.41) is 0. The molecule has 0 aromatic heterocycles. The Kier molecular flexibility index (Phi) is 8.06. The fourth-order valence-electron chi connectivity index (χ4n) is 2.50. The van der Waals surface area contributed by atoms with E-state index in [9.17, 15) is 35.1 Å². The molecule has 0 aliphatic heterocycles. The van der Waals surface area contributed by atoms with Gasteiger partial charge in [-0.2, -0.15) is 35.1 Å². The molecule has 0 unspecified atom stereocenters. The van der Waals surface area contributed by atoms with E-state index in [2.05, 4.69) is 0 Å². The maximum Gasteiger partial charge on any atom is 0.453 e. The van der Waals surface area contributed by atoms with E-state index in [0.29, 0.717) is 25.2 Å². The first-order chi connectivity index (χ1) is 9.79. The van der Waals surface area contributed by atoms with Crippen LogP contribution in [0.2, 0.25) is 0 Å². The Bertz CT molecular complexity index is 315. The zero-order valence-electron chi connectivity index (χ0n) is 12.6. The first-order valence-electron chi connectivity index (χ1n) is 7.15. The van der Waals surface area contributed by atoms with Crippen LogP contribution in [0.4, 0.5) is 35.1 Å². The van der Waals surface area contributed by atoms with E-state index in [1.54, 1.807) is 13.8 Å². The van der Waals surface area contributed by atoms with Gasteiger partial charge >= 0.3 is 18.3 Å². The first-order valence-corrected chi connectivity index (χ1v) is 9.68. The Balaban J connectivity index is 5.06. The molecule has 0 heterocycles. The van der Waals surface area contributed by atoms with E-state index < -0.39 is 44.5 Å². The summed E-state index contributed by atoms with van der Waals surface area (Å²) >= 11 is 0. The lowest BCUT2D eigenvalue weighted by atomic mass is 10.2. The van der Waals surface area contributed by atoms with Crippen LogP contribution in [0.3, 0.4) is 0 Å². The molecule has 22 heavy (non-hydrogen) atoms. The van der Waals surface area contributed by atoms with Gasteiger partial charge in [0.1, 0.15) is 0 Å². The van der Waals surface area contributed by atoms with Gasteiger partial charge in [-0.05, 0) is 12.8 Å². The summed E-state index contributed by atoms with van der Waals surface area (Å²) in [6.45, 7) is 3.42. The minimum absolute atomic E-state index is 0.299. The van der Waals surface area contributed by atoms with Crippen LogP contribution in [0.5, 0.6) is 0 Å². The van der Waals surface area contributed by atoms with E-state index in [4.69, 9.17) is 0 Å². The first kappa shape index (κ1) is 21.9. The monoisotopic (exact) mass is 361 g/mol. The second-order valence-corrected chi connectivity index (χ2v) is 10.0. The van der Waals surface area contributed by atoms with Crippen molar-refractivity contribution < 1.29 is 35.1 Å². The number of hydrogen-bond donors (Lipinski definition) is 0. The molecule has 0 saturated carbocycles. The standard InChI is InChI=1S/C13H22F8P/c1-3-7-22(8-4-2,10-6-12(16,17)18)9-5-11(14,15)13(19,20)21/h3-10H2,1-2H3/q+1. The predicted molar refractivity (Wildman–Crippen MR) is 73.3 cm³/mol. The lowest BCUT2D eigenvalue weighted by Crippen LogP contribution is -2.37. The van der Waals surface area contributed by atoms with Gasteiger partial charge in [-0.15, -0.1) is 0 Å². The summed E-state index contributed by atoms with van der Waals surface area (Å²) in [7, 11) is -2.46. The largest absolute Gasteiger partial charge is 0.453 e. The highest BCUT2D eigenvalue weighted by Gasteiger charge is 2.58. The van der Waals surface area contributed by atoms with Crippen LogP contribution in [0, 0.1) is 0 Å². The van der Waals surface area contributed by atoms with Gasteiger partial charge < -0.3 is 0 Å². The number of hydrogen-bond acceptors (Lipinski definition) is 0. The molecule has 0 fully saturated rings. The van der Waals surface area contributed by atoms with Crippen LogP contribution in [-0.4, -0.2) is 42.9 Å². The molecule has 0 bridgehead atoms. The van der Waals surface area contributed by atoms with Crippen LogP contribution in [0.15, 0.2) is 0 Å². The zero-order valence-corrected chi connectivity index (χ0v) is 13.5. The van der Waals surface area contributed by atoms with E-state index >= 15 is 0 Å². The molecule has 0 rings (SSSR count). The lowest BCUT2D eigenvalue weighted by molar-refractivity contribution is -0.282. The van der Waals surface area contributed by atoms with E-state index in [0.717, 1.165) is 0 Å². The quantitative estimate of drug-likeness (QED) is 0.331. The summed E-state index contributed by atoms with van der Waals surface area (Å²) in [5.74, 6) is -4.84. The summed E-state index contributed by atoms with van der Waals surface area (Å²) in [4.78, 5) is 0. The molecule has 134 valence electrons. The van der Waals surface area contributed by atoms with Gasteiger partial charge in [0.25, 0.3) is 0 Å². The summed E-state index contributed by atoms with van der Waals surface area (Å²) < 4.78 is 100. The maximum atomic E-state index is 13.1. The third-order valence-corrected chi connectivity index (χ3v) is 8.72. The zero-order chi connectivity index (χ0) is 17.7. The van der Waals surface area contributed by atoms with Crippen molar-refractivity contribution >= 4 is 7.26 Å². The van der Waals surface area contributed by atoms with Gasteiger partial charge in [-0.25, -0.2) is 0 Å². The van der Waals surface area contributed by atoms with Gasteiger partial charge in [0, 0.05) is 7.26 Å². The highest BCUT2D eigenvalue weighted by atomic mass is 31.2. The number of alkyl halides is 8. The van der Waals surface area contributed by atoms with Crippen LogP contribution < -0.4 is 0 Å². The molecule has 0 radical (unpaired) electrons. The average molecular weight is 361 g/mol. The molecule has 0 atom stereocenters. The second kappa shape index (κ2) is 8.11. The van der Waals surface area contributed by atoms with Crippen molar-refractivity contribution in [1.82, 2.24) is 0 Å². The van der Waals surface area contributed by atoms with E-state index in [-0.39, 0.29) is 6.16 Å². The Morgan fingerprint density at radius 1 is 0.636 bits per heavy atom. The maximum absolute atomic E-state index is 13.1. The predicted octanol–water partition coefficient (Wildman–Crippen LogP) is 6.36. The van der Waals surface area contributed by atoms with Crippen molar-refractivity contribution in [2.45, 2.75) is 57.8 Å².